The first-order valence-corrected chi connectivity index (χ1v) is 9.60. The normalized spacial score (nSPS) is 18.8. The van der Waals surface area contributed by atoms with Crippen LogP contribution in [0.1, 0.15) is 56.3 Å². The second-order valence-electron chi connectivity index (χ2n) is 8.00. The Morgan fingerprint density at radius 1 is 1.22 bits per heavy atom. The van der Waals surface area contributed by atoms with Gasteiger partial charge in [0.15, 0.2) is 6.10 Å². The number of rotatable bonds is 5. The Hall–Kier alpha value is -2.49. The molecule has 0 bridgehead atoms. The van der Waals surface area contributed by atoms with Gasteiger partial charge in [0, 0.05) is 12.0 Å². The summed E-state index contributed by atoms with van der Waals surface area (Å²) in [5.41, 5.74) is 2.94. The number of hydrogen-bond acceptors (Lipinski definition) is 3. The highest BCUT2D eigenvalue weighted by Gasteiger charge is 2.35. The first kappa shape index (κ1) is 19.3. The van der Waals surface area contributed by atoms with Gasteiger partial charge < -0.3 is 14.8 Å². The average molecular weight is 367 g/mol. The van der Waals surface area contributed by atoms with Crippen molar-refractivity contribution in [2.24, 2.45) is 0 Å². The molecule has 0 radical (unpaired) electrons. The molecule has 2 aromatic rings. The van der Waals surface area contributed by atoms with Gasteiger partial charge >= 0.3 is 0 Å². The molecule has 0 aliphatic carbocycles. The van der Waals surface area contributed by atoms with Crippen LogP contribution >= 0.6 is 0 Å². The standard InChI is InChI=1S/C23H29NO3/c1-6-20(26-17-12-15(2)11-16(3)13-17)22(25)24-19-14-23(4,5)27-21-10-8-7-9-18(19)21/h7-13,19-20H,6,14H2,1-5H3,(H,24,25)/t19-,20-/m0/s1. The molecule has 1 heterocycles. The average Bonchev–Trinajstić information content (AvgIpc) is 2.57. The number of hydrogen-bond donors (Lipinski definition) is 1. The number of nitrogens with one attached hydrogen (secondary N) is 1. The zero-order valence-electron chi connectivity index (χ0n) is 16.8. The van der Waals surface area contributed by atoms with Gasteiger partial charge in [0.2, 0.25) is 0 Å². The fourth-order valence-electron chi connectivity index (χ4n) is 3.68. The van der Waals surface area contributed by atoms with Gasteiger partial charge in [-0.05, 0) is 63.4 Å². The van der Waals surface area contributed by atoms with Gasteiger partial charge in [-0.1, -0.05) is 31.2 Å². The van der Waals surface area contributed by atoms with Crippen LogP contribution in [-0.4, -0.2) is 17.6 Å². The van der Waals surface area contributed by atoms with E-state index >= 15 is 0 Å². The molecule has 0 spiro atoms. The van der Waals surface area contributed by atoms with Crippen LogP contribution in [-0.2, 0) is 4.79 Å². The SMILES string of the molecule is CC[C@H](Oc1cc(C)cc(C)c1)C(=O)N[C@H]1CC(C)(C)Oc2ccccc21. The molecule has 0 saturated carbocycles. The van der Waals surface area contributed by atoms with E-state index in [-0.39, 0.29) is 17.6 Å². The van der Waals surface area contributed by atoms with Crippen molar-refractivity contribution in [1.29, 1.82) is 0 Å². The highest BCUT2D eigenvalue weighted by atomic mass is 16.5. The van der Waals surface area contributed by atoms with Crippen LogP contribution in [0, 0.1) is 13.8 Å². The molecule has 0 aromatic heterocycles. The van der Waals surface area contributed by atoms with E-state index in [1.54, 1.807) is 0 Å². The highest BCUT2D eigenvalue weighted by molar-refractivity contribution is 5.81. The lowest BCUT2D eigenvalue weighted by Crippen LogP contribution is -2.45. The third-order valence-electron chi connectivity index (χ3n) is 4.83. The maximum absolute atomic E-state index is 13.0. The van der Waals surface area contributed by atoms with Crippen molar-refractivity contribution in [3.8, 4) is 11.5 Å². The van der Waals surface area contributed by atoms with Crippen LogP contribution in [0.15, 0.2) is 42.5 Å². The van der Waals surface area contributed by atoms with E-state index in [4.69, 9.17) is 9.47 Å². The van der Waals surface area contributed by atoms with Gasteiger partial charge in [0.25, 0.3) is 5.91 Å². The third-order valence-corrected chi connectivity index (χ3v) is 4.83. The van der Waals surface area contributed by atoms with E-state index in [1.807, 2.05) is 71.0 Å². The number of carbonyl (C=O) groups is 1. The first-order valence-electron chi connectivity index (χ1n) is 9.60. The lowest BCUT2D eigenvalue weighted by molar-refractivity contribution is -0.129. The maximum Gasteiger partial charge on any atom is 0.261 e. The molecule has 144 valence electrons. The Balaban J connectivity index is 1.76. The van der Waals surface area contributed by atoms with Crippen molar-refractivity contribution in [2.75, 3.05) is 0 Å². The molecule has 27 heavy (non-hydrogen) atoms. The first-order chi connectivity index (χ1) is 12.8. The Morgan fingerprint density at radius 2 is 1.89 bits per heavy atom. The maximum atomic E-state index is 13.0. The fourth-order valence-corrected chi connectivity index (χ4v) is 3.68. The number of para-hydroxylation sites is 1. The summed E-state index contributed by atoms with van der Waals surface area (Å²) in [5.74, 6) is 1.48. The summed E-state index contributed by atoms with van der Waals surface area (Å²) in [6, 6.07) is 13.8. The summed E-state index contributed by atoms with van der Waals surface area (Å²) in [5, 5.41) is 3.19. The van der Waals surface area contributed by atoms with Crippen LogP contribution in [0.2, 0.25) is 0 Å². The fraction of sp³-hybridized carbons (Fsp3) is 0.435. The molecule has 0 unspecified atom stereocenters. The molecule has 1 aliphatic rings. The van der Waals surface area contributed by atoms with Crippen LogP contribution in [0.25, 0.3) is 0 Å². The van der Waals surface area contributed by atoms with Crippen LogP contribution in [0.5, 0.6) is 11.5 Å². The van der Waals surface area contributed by atoms with Crippen LogP contribution < -0.4 is 14.8 Å². The minimum Gasteiger partial charge on any atom is -0.487 e. The predicted octanol–water partition coefficient (Wildman–Crippen LogP) is 4.88. The van der Waals surface area contributed by atoms with Gasteiger partial charge in [-0.15, -0.1) is 0 Å². The minimum absolute atomic E-state index is 0.0886. The quantitative estimate of drug-likeness (QED) is 0.819. The van der Waals surface area contributed by atoms with Gasteiger partial charge in [0.1, 0.15) is 17.1 Å². The summed E-state index contributed by atoms with van der Waals surface area (Å²) in [7, 11) is 0. The van der Waals surface area contributed by atoms with Crippen molar-refractivity contribution in [2.45, 2.75) is 65.2 Å². The van der Waals surface area contributed by atoms with Crippen molar-refractivity contribution in [1.82, 2.24) is 5.32 Å². The highest BCUT2D eigenvalue weighted by Crippen LogP contribution is 2.39. The molecule has 2 aromatic carbocycles. The number of aryl methyl sites for hydroxylation is 2. The Kier molecular flexibility index (Phi) is 5.45. The summed E-state index contributed by atoms with van der Waals surface area (Å²) in [4.78, 5) is 13.0. The molecule has 0 saturated heterocycles. The van der Waals surface area contributed by atoms with Crippen molar-refractivity contribution >= 4 is 5.91 Å². The van der Waals surface area contributed by atoms with Crippen molar-refractivity contribution in [3.05, 3.63) is 59.2 Å². The molecule has 1 amide bonds. The minimum atomic E-state index is -0.524. The second kappa shape index (κ2) is 7.63. The number of amides is 1. The number of benzene rings is 2. The Morgan fingerprint density at radius 3 is 2.56 bits per heavy atom. The van der Waals surface area contributed by atoms with Crippen LogP contribution in [0.3, 0.4) is 0 Å². The number of carbonyl (C=O) groups excluding carboxylic acids is 1. The van der Waals surface area contributed by atoms with E-state index in [1.165, 1.54) is 0 Å². The lowest BCUT2D eigenvalue weighted by Gasteiger charge is -2.38. The molecule has 1 N–H and O–H groups in total. The summed E-state index contributed by atoms with van der Waals surface area (Å²) >= 11 is 0. The zero-order valence-corrected chi connectivity index (χ0v) is 16.8. The molecular weight excluding hydrogens is 338 g/mol. The molecule has 0 fully saturated rings. The second-order valence-corrected chi connectivity index (χ2v) is 8.00. The number of fused-ring (bicyclic) bond motifs is 1. The molecule has 1 aliphatic heterocycles. The van der Waals surface area contributed by atoms with Crippen molar-refractivity contribution < 1.29 is 14.3 Å². The largest absolute Gasteiger partial charge is 0.487 e. The molecule has 4 heteroatoms. The Bertz CT molecular complexity index is 808. The smallest absolute Gasteiger partial charge is 0.261 e. The molecule has 4 nitrogen and oxygen atoms in total. The summed E-state index contributed by atoms with van der Waals surface area (Å²) in [6.45, 7) is 10.1. The van der Waals surface area contributed by atoms with E-state index in [2.05, 4.69) is 11.4 Å². The van der Waals surface area contributed by atoms with E-state index in [0.717, 1.165) is 34.6 Å². The van der Waals surface area contributed by atoms with E-state index in [0.29, 0.717) is 6.42 Å². The monoisotopic (exact) mass is 367 g/mol. The van der Waals surface area contributed by atoms with Gasteiger partial charge in [-0.25, -0.2) is 0 Å². The summed E-state index contributed by atoms with van der Waals surface area (Å²) < 4.78 is 12.1. The Labute approximate surface area is 161 Å². The van der Waals surface area contributed by atoms with Gasteiger partial charge in [0.05, 0.1) is 6.04 Å². The van der Waals surface area contributed by atoms with Gasteiger partial charge in [-0.2, -0.15) is 0 Å². The van der Waals surface area contributed by atoms with E-state index < -0.39 is 6.10 Å². The lowest BCUT2D eigenvalue weighted by atomic mass is 9.89. The number of ether oxygens (including phenoxy) is 2. The molecular formula is C23H29NO3. The third kappa shape index (κ3) is 4.62. The van der Waals surface area contributed by atoms with Gasteiger partial charge in [-0.3, -0.25) is 4.79 Å². The summed E-state index contributed by atoms with van der Waals surface area (Å²) in [6.07, 6.45) is 0.798. The zero-order chi connectivity index (χ0) is 19.6. The van der Waals surface area contributed by atoms with E-state index in [9.17, 15) is 4.79 Å². The molecule has 3 rings (SSSR count). The van der Waals surface area contributed by atoms with Crippen LogP contribution in [0.4, 0.5) is 0 Å². The molecule has 2 atom stereocenters. The topological polar surface area (TPSA) is 47.6 Å². The van der Waals surface area contributed by atoms with Crippen molar-refractivity contribution in [3.63, 3.8) is 0 Å². The predicted molar refractivity (Wildman–Crippen MR) is 107 cm³/mol.